The van der Waals surface area contributed by atoms with Gasteiger partial charge in [0, 0.05) is 17.7 Å². The highest BCUT2D eigenvalue weighted by atomic mass is 16.5. The van der Waals surface area contributed by atoms with Crippen LogP contribution < -0.4 is 14.2 Å². The summed E-state index contributed by atoms with van der Waals surface area (Å²) < 4.78 is 20.9. The molecular formula is C22H26O6. The maximum atomic E-state index is 12.6. The summed E-state index contributed by atoms with van der Waals surface area (Å²) in [5, 5.41) is 0. The number of ether oxygens (including phenoxy) is 4. The number of benzene rings is 2. The lowest BCUT2D eigenvalue weighted by molar-refractivity contribution is 0.0471. The Morgan fingerprint density at radius 1 is 0.714 bits per heavy atom. The Hall–Kier alpha value is -3.02. The normalized spacial score (nSPS) is 10.4. The van der Waals surface area contributed by atoms with E-state index in [9.17, 15) is 9.59 Å². The van der Waals surface area contributed by atoms with E-state index in [-0.39, 0.29) is 23.7 Å². The predicted molar refractivity (Wildman–Crippen MR) is 106 cm³/mol. The molecule has 0 atom stereocenters. The molecule has 2 rings (SSSR count). The third-order valence-corrected chi connectivity index (χ3v) is 5.04. The van der Waals surface area contributed by atoms with E-state index in [1.165, 1.54) is 33.5 Å². The molecule has 0 spiro atoms. The van der Waals surface area contributed by atoms with Crippen LogP contribution in [0, 0.1) is 27.7 Å². The Bertz CT molecular complexity index is 914. The fraction of sp³-hybridized carbons (Fsp3) is 0.364. The Balaban J connectivity index is 2.24. The Kier molecular flexibility index (Phi) is 6.67. The smallest absolute Gasteiger partial charge is 0.342 e. The van der Waals surface area contributed by atoms with E-state index in [1.54, 1.807) is 0 Å². The largest absolute Gasteiger partial charge is 0.496 e. The second-order valence-corrected chi connectivity index (χ2v) is 6.52. The van der Waals surface area contributed by atoms with Gasteiger partial charge < -0.3 is 18.9 Å². The Morgan fingerprint density at radius 3 is 1.86 bits per heavy atom. The van der Waals surface area contributed by atoms with E-state index < -0.39 is 5.97 Å². The number of esters is 1. The van der Waals surface area contributed by atoms with Crippen molar-refractivity contribution in [2.75, 3.05) is 27.9 Å². The van der Waals surface area contributed by atoms with Crippen LogP contribution >= 0.6 is 0 Å². The molecule has 0 amide bonds. The molecule has 0 unspecified atom stereocenters. The van der Waals surface area contributed by atoms with Crippen LogP contribution in [0.2, 0.25) is 0 Å². The SMILES string of the molecule is COc1cc(OC)c(C(=O)OCC(=O)c2cc(C)c(C)c(C)c2C)cc1OC. The zero-order valence-corrected chi connectivity index (χ0v) is 17.4. The molecule has 0 radical (unpaired) electrons. The Labute approximate surface area is 165 Å². The molecule has 0 N–H and O–H groups in total. The molecule has 28 heavy (non-hydrogen) atoms. The molecule has 0 heterocycles. The molecule has 150 valence electrons. The fourth-order valence-corrected chi connectivity index (χ4v) is 2.98. The summed E-state index contributed by atoms with van der Waals surface area (Å²) in [6, 6.07) is 4.84. The molecule has 0 saturated heterocycles. The molecule has 6 heteroatoms. The molecular weight excluding hydrogens is 360 g/mol. The van der Waals surface area contributed by atoms with Crippen molar-refractivity contribution >= 4 is 11.8 Å². The zero-order chi connectivity index (χ0) is 21.0. The van der Waals surface area contributed by atoms with Gasteiger partial charge in [-0.05, 0) is 56.0 Å². The predicted octanol–water partition coefficient (Wildman–Crippen LogP) is 3.99. The highest BCUT2D eigenvalue weighted by molar-refractivity contribution is 6.01. The average Bonchev–Trinajstić information content (AvgIpc) is 2.71. The van der Waals surface area contributed by atoms with Crippen molar-refractivity contribution in [1.82, 2.24) is 0 Å². The molecule has 0 bridgehead atoms. The van der Waals surface area contributed by atoms with E-state index in [4.69, 9.17) is 18.9 Å². The molecule has 2 aromatic rings. The molecule has 0 aliphatic carbocycles. The van der Waals surface area contributed by atoms with Gasteiger partial charge in [-0.2, -0.15) is 0 Å². The molecule has 0 fully saturated rings. The lowest BCUT2D eigenvalue weighted by atomic mass is 9.93. The zero-order valence-electron chi connectivity index (χ0n) is 17.4. The topological polar surface area (TPSA) is 71.1 Å². The van der Waals surface area contributed by atoms with Crippen LogP contribution in [0.25, 0.3) is 0 Å². The summed E-state index contributed by atoms with van der Waals surface area (Å²) in [4.78, 5) is 25.2. The van der Waals surface area contributed by atoms with Gasteiger partial charge in [0.15, 0.2) is 18.1 Å². The van der Waals surface area contributed by atoms with Crippen LogP contribution in [0.5, 0.6) is 17.2 Å². The summed E-state index contributed by atoms with van der Waals surface area (Å²) in [5.41, 5.74) is 4.86. The number of hydrogen-bond acceptors (Lipinski definition) is 6. The average molecular weight is 386 g/mol. The number of hydrogen-bond donors (Lipinski definition) is 0. The lowest BCUT2D eigenvalue weighted by Gasteiger charge is -2.15. The molecule has 0 aliphatic rings. The number of methoxy groups -OCH3 is 3. The fourth-order valence-electron chi connectivity index (χ4n) is 2.98. The van der Waals surface area contributed by atoms with Crippen molar-refractivity contribution in [2.24, 2.45) is 0 Å². The van der Waals surface area contributed by atoms with Crippen molar-refractivity contribution < 1.29 is 28.5 Å². The van der Waals surface area contributed by atoms with Crippen LogP contribution in [-0.4, -0.2) is 39.7 Å². The standard InChI is InChI=1S/C22H26O6/c1-12-8-16(15(4)14(3)13(12)2)18(23)11-28-22(24)17-9-20(26-6)21(27-7)10-19(17)25-5/h8-10H,11H2,1-7H3. The summed E-state index contributed by atoms with van der Waals surface area (Å²) >= 11 is 0. The van der Waals surface area contributed by atoms with Crippen LogP contribution in [0.15, 0.2) is 18.2 Å². The number of aryl methyl sites for hydroxylation is 1. The maximum Gasteiger partial charge on any atom is 0.342 e. The second kappa shape index (κ2) is 8.78. The van der Waals surface area contributed by atoms with Crippen molar-refractivity contribution in [3.8, 4) is 17.2 Å². The van der Waals surface area contributed by atoms with Gasteiger partial charge in [0.1, 0.15) is 11.3 Å². The van der Waals surface area contributed by atoms with Gasteiger partial charge in [-0.1, -0.05) is 0 Å². The number of carbonyl (C=O) groups is 2. The van der Waals surface area contributed by atoms with Gasteiger partial charge in [0.25, 0.3) is 0 Å². The van der Waals surface area contributed by atoms with Gasteiger partial charge in [0.05, 0.1) is 21.3 Å². The van der Waals surface area contributed by atoms with Crippen LogP contribution in [0.4, 0.5) is 0 Å². The number of ketones is 1. The first-order chi connectivity index (χ1) is 13.2. The van der Waals surface area contributed by atoms with Gasteiger partial charge in [-0.25, -0.2) is 4.79 Å². The number of rotatable bonds is 7. The molecule has 0 saturated carbocycles. The summed E-state index contributed by atoms with van der Waals surface area (Å²) in [6.45, 7) is 7.50. The minimum absolute atomic E-state index is 0.154. The van der Waals surface area contributed by atoms with Gasteiger partial charge in [-0.15, -0.1) is 0 Å². The van der Waals surface area contributed by atoms with Crippen LogP contribution in [0.3, 0.4) is 0 Å². The minimum atomic E-state index is -0.677. The van der Waals surface area contributed by atoms with Gasteiger partial charge in [-0.3, -0.25) is 4.79 Å². The van der Waals surface area contributed by atoms with Crippen molar-refractivity contribution in [3.05, 3.63) is 51.6 Å². The number of carbonyl (C=O) groups excluding carboxylic acids is 2. The molecule has 0 aliphatic heterocycles. The molecule has 2 aromatic carbocycles. The summed E-state index contributed by atoms with van der Waals surface area (Å²) in [7, 11) is 4.39. The van der Waals surface area contributed by atoms with Gasteiger partial charge >= 0.3 is 5.97 Å². The third kappa shape index (κ3) is 4.11. The molecule has 6 nitrogen and oxygen atoms in total. The minimum Gasteiger partial charge on any atom is -0.496 e. The number of Topliss-reactive ketones (excluding diaryl/α,β-unsaturated/α-hetero) is 1. The van der Waals surface area contributed by atoms with E-state index in [2.05, 4.69) is 0 Å². The highest BCUT2D eigenvalue weighted by Gasteiger charge is 2.21. The monoisotopic (exact) mass is 386 g/mol. The van der Waals surface area contributed by atoms with E-state index in [0.29, 0.717) is 17.1 Å². The second-order valence-electron chi connectivity index (χ2n) is 6.52. The molecule has 0 aromatic heterocycles. The van der Waals surface area contributed by atoms with Gasteiger partial charge in [0.2, 0.25) is 5.78 Å². The van der Waals surface area contributed by atoms with Crippen molar-refractivity contribution in [1.29, 1.82) is 0 Å². The lowest BCUT2D eigenvalue weighted by Crippen LogP contribution is -2.17. The Morgan fingerprint density at radius 2 is 1.29 bits per heavy atom. The van der Waals surface area contributed by atoms with E-state index >= 15 is 0 Å². The van der Waals surface area contributed by atoms with Crippen molar-refractivity contribution in [2.45, 2.75) is 27.7 Å². The first kappa shape index (κ1) is 21.3. The third-order valence-electron chi connectivity index (χ3n) is 5.04. The van der Waals surface area contributed by atoms with Crippen molar-refractivity contribution in [3.63, 3.8) is 0 Å². The first-order valence-corrected chi connectivity index (χ1v) is 8.82. The van der Waals surface area contributed by atoms with E-state index in [0.717, 1.165) is 22.3 Å². The first-order valence-electron chi connectivity index (χ1n) is 8.82. The summed E-state index contributed by atoms with van der Waals surface area (Å²) in [5.74, 6) is 0.129. The summed E-state index contributed by atoms with van der Waals surface area (Å²) in [6.07, 6.45) is 0. The van der Waals surface area contributed by atoms with Crippen LogP contribution in [-0.2, 0) is 4.74 Å². The quantitative estimate of drug-likeness (QED) is 0.529. The maximum absolute atomic E-state index is 12.6. The van der Waals surface area contributed by atoms with E-state index in [1.807, 2.05) is 33.8 Å². The highest BCUT2D eigenvalue weighted by Crippen LogP contribution is 2.35. The van der Waals surface area contributed by atoms with Crippen LogP contribution in [0.1, 0.15) is 43.0 Å².